The lowest BCUT2D eigenvalue weighted by molar-refractivity contribution is -0.137. The maximum Gasteiger partial charge on any atom is 0.416 e. The van der Waals surface area contributed by atoms with Crippen LogP contribution in [0.1, 0.15) is 29.8 Å². The molecule has 2 aromatic rings. The van der Waals surface area contributed by atoms with Gasteiger partial charge in [0.15, 0.2) is 6.61 Å². The van der Waals surface area contributed by atoms with Crippen LogP contribution in [0.2, 0.25) is 0 Å². The van der Waals surface area contributed by atoms with Gasteiger partial charge < -0.3 is 10.1 Å². The van der Waals surface area contributed by atoms with Crippen LogP contribution in [0.25, 0.3) is 0 Å². The Morgan fingerprint density at radius 3 is 2.44 bits per heavy atom. The molecule has 1 amide bonds. The monoisotopic (exact) mass is 498 g/mol. The topological polar surface area (TPSA) is 92.8 Å². The van der Waals surface area contributed by atoms with E-state index in [1.807, 2.05) is 13.8 Å². The summed E-state index contributed by atoms with van der Waals surface area (Å²) in [7, 11) is -4.38. The number of nitrogens with one attached hydrogen (secondary N) is 1. The first-order chi connectivity index (χ1) is 15.9. The molecule has 0 saturated carbocycles. The van der Waals surface area contributed by atoms with Gasteiger partial charge in [-0.1, -0.05) is 32.1 Å². The predicted octanol–water partition coefficient (Wildman–Crippen LogP) is 4.02. The molecule has 34 heavy (non-hydrogen) atoms. The Morgan fingerprint density at radius 2 is 1.82 bits per heavy atom. The Kier molecular flexibility index (Phi) is 8.86. The van der Waals surface area contributed by atoms with Gasteiger partial charge in [0.05, 0.1) is 28.3 Å². The third-order valence-electron chi connectivity index (χ3n) is 4.46. The lowest BCUT2D eigenvalue weighted by Crippen LogP contribution is -2.32. The average molecular weight is 499 g/mol. The van der Waals surface area contributed by atoms with E-state index < -0.39 is 40.2 Å². The third-order valence-corrected chi connectivity index (χ3v) is 6.25. The molecule has 2 aromatic carbocycles. The van der Waals surface area contributed by atoms with Gasteiger partial charge in [0.2, 0.25) is 0 Å². The minimum absolute atomic E-state index is 0.139. The van der Waals surface area contributed by atoms with E-state index in [0.717, 1.165) is 28.6 Å². The predicted molar refractivity (Wildman–Crippen MR) is 121 cm³/mol. The highest BCUT2D eigenvalue weighted by Crippen LogP contribution is 2.33. The summed E-state index contributed by atoms with van der Waals surface area (Å²) in [5, 5.41) is 2.58. The number of anilines is 1. The summed E-state index contributed by atoms with van der Waals surface area (Å²) in [6.45, 7) is 6.81. The van der Waals surface area contributed by atoms with Gasteiger partial charge in [0, 0.05) is 6.54 Å². The first-order valence-electron chi connectivity index (χ1n) is 10.2. The summed E-state index contributed by atoms with van der Waals surface area (Å²) < 4.78 is 71.6. The second kappa shape index (κ2) is 11.2. The molecule has 0 aliphatic heterocycles. The van der Waals surface area contributed by atoms with E-state index >= 15 is 0 Å². The number of alkyl halides is 3. The third kappa shape index (κ3) is 7.08. The molecule has 0 spiro atoms. The lowest BCUT2D eigenvalue weighted by atomic mass is 10.2. The summed E-state index contributed by atoms with van der Waals surface area (Å²) in [5.41, 5.74) is -1.37. The highest BCUT2D eigenvalue weighted by Gasteiger charge is 2.32. The van der Waals surface area contributed by atoms with Crippen LogP contribution in [-0.2, 0) is 25.7 Å². The second-order valence-electron chi connectivity index (χ2n) is 7.67. The van der Waals surface area contributed by atoms with Crippen molar-refractivity contribution < 1.29 is 35.9 Å². The largest absolute Gasteiger partial charge is 0.452 e. The minimum Gasteiger partial charge on any atom is -0.452 e. The Bertz CT molecular complexity index is 1150. The fourth-order valence-corrected chi connectivity index (χ4v) is 4.26. The number of halogens is 3. The molecule has 7 nitrogen and oxygen atoms in total. The Balaban J connectivity index is 2.29. The van der Waals surface area contributed by atoms with Gasteiger partial charge in [-0.3, -0.25) is 9.10 Å². The number of nitrogens with zero attached hydrogens (tertiary/aromatic N) is 1. The fraction of sp³-hybridized carbons (Fsp3) is 0.304. The van der Waals surface area contributed by atoms with Crippen molar-refractivity contribution in [2.75, 3.05) is 24.0 Å². The number of hydrogen-bond donors (Lipinski definition) is 1. The van der Waals surface area contributed by atoms with Crippen molar-refractivity contribution in [2.24, 2.45) is 5.92 Å². The molecule has 0 bridgehead atoms. The van der Waals surface area contributed by atoms with E-state index in [1.54, 1.807) is 0 Å². The quantitative estimate of drug-likeness (QED) is 0.395. The molecule has 11 heteroatoms. The summed E-state index contributed by atoms with van der Waals surface area (Å²) >= 11 is 0. The van der Waals surface area contributed by atoms with Crippen molar-refractivity contribution in [3.63, 3.8) is 0 Å². The summed E-state index contributed by atoms with van der Waals surface area (Å²) in [5.74, 6) is -1.23. The highest BCUT2D eigenvalue weighted by atomic mass is 32.2. The van der Waals surface area contributed by atoms with Gasteiger partial charge in [0.1, 0.15) is 0 Å². The SMILES string of the molecule is C=CCN(c1cccc(C(F)(F)F)c1)S(=O)(=O)c1cccc(C(=O)OCC(=O)NCC(C)C)c1. The number of sulfonamides is 1. The Morgan fingerprint density at radius 1 is 1.15 bits per heavy atom. The molecular formula is C23H25F3N2O5S. The van der Waals surface area contributed by atoms with Crippen molar-refractivity contribution in [3.05, 3.63) is 72.3 Å². The number of amides is 1. The molecule has 184 valence electrons. The number of carbonyl (C=O) groups excluding carboxylic acids is 2. The summed E-state index contributed by atoms with van der Waals surface area (Å²) in [6.07, 6.45) is -3.43. The molecule has 0 atom stereocenters. The zero-order valence-corrected chi connectivity index (χ0v) is 19.4. The van der Waals surface area contributed by atoms with Crippen LogP contribution >= 0.6 is 0 Å². The van der Waals surface area contributed by atoms with Gasteiger partial charge in [-0.2, -0.15) is 13.2 Å². The molecule has 0 aliphatic rings. The van der Waals surface area contributed by atoms with Crippen molar-refractivity contribution >= 4 is 27.6 Å². The molecule has 0 fully saturated rings. The number of benzene rings is 2. The number of rotatable bonds is 10. The molecular weight excluding hydrogens is 473 g/mol. The van der Waals surface area contributed by atoms with Gasteiger partial charge in [-0.25, -0.2) is 13.2 Å². The fourth-order valence-electron chi connectivity index (χ4n) is 2.79. The zero-order valence-electron chi connectivity index (χ0n) is 18.6. The van der Waals surface area contributed by atoms with Crippen molar-refractivity contribution in [1.82, 2.24) is 5.32 Å². The van der Waals surface area contributed by atoms with Crippen LogP contribution in [0.3, 0.4) is 0 Å². The van der Waals surface area contributed by atoms with Crippen LogP contribution in [-0.4, -0.2) is 40.0 Å². The molecule has 0 aliphatic carbocycles. The zero-order chi connectivity index (χ0) is 25.5. The normalized spacial score (nSPS) is 11.7. The molecule has 0 aromatic heterocycles. The van der Waals surface area contributed by atoms with Gasteiger partial charge in [0.25, 0.3) is 15.9 Å². The highest BCUT2D eigenvalue weighted by molar-refractivity contribution is 7.92. The average Bonchev–Trinajstić information content (AvgIpc) is 2.79. The van der Waals surface area contributed by atoms with Crippen LogP contribution in [0.15, 0.2) is 66.1 Å². The first kappa shape index (κ1) is 26.9. The number of ether oxygens (including phenoxy) is 1. The van der Waals surface area contributed by atoms with E-state index in [9.17, 15) is 31.2 Å². The standard InChI is InChI=1S/C23H25F3N2O5S/c1-4-11-28(19-9-6-8-18(13-19)23(24,25)26)34(31,32)20-10-5-7-17(12-20)22(30)33-15-21(29)27-14-16(2)3/h4-10,12-13,16H,1,11,14-15H2,2-3H3,(H,27,29). The van der Waals surface area contributed by atoms with Crippen LogP contribution in [0, 0.1) is 5.92 Å². The second-order valence-corrected chi connectivity index (χ2v) is 9.54. The maximum atomic E-state index is 13.3. The van der Waals surface area contributed by atoms with Crippen molar-refractivity contribution in [3.8, 4) is 0 Å². The van der Waals surface area contributed by atoms with Crippen LogP contribution in [0.4, 0.5) is 18.9 Å². The molecule has 0 saturated heterocycles. The van der Waals surface area contributed by atoms with E-state index in [-0.39, 0.29) is 28.6 Å². The molecule has 2 rings (SSSR count). The Labute approximate surface area is 196 Å². The van der Waals surface area contributed by atoms with E-state index in [2.05, 4.69) is 11.9 Å². The molecule has 0 unspecified atom stereocenters. The molecule has 1 N–H and O–H groups in total. The summed E-state index contributed by atoms with van der Waals surface area (Å²) in [4.78, 5) is 23.7. The van der Waals surface area contributed by atoms with Gasteiger partial charge in [-0.05, 0) is 42.3 Å². The van der Waals surface area contributed by atoms with Crippen LogP contribution < -0.4 is 9.62 Å². The summed E-state index contributed by atoms with van der Waals surface area (Å²) in [6, 6.07) is 8.70. The van der Waals surface area contributed by atoms with Crippen LogP contribution in [0.5, 0.6) is 0 Å². The maximum absolute atomic E-state index is 13.3. The van der Waals surface area contributed by atoms with Gasteiger partial charge in [-0.15, -0.1) is 6.58 Å². The van der Waals surface area contributed by atoms with E-state index in [0.29, 0.717) is 6.54 Å². The smallest absolute Gasteiger partial charge is 0.416 e. The van der Waals surface area contributed by atoms with Crippen molar-refractivity contribution in [1.29, 1.82) is 0 Å². The number of esters is 1. The number of carbonyl (C=O) groups is 2. The Hall–Kier alpha value is -3.34. The minimum atomic E-state index is -4.66. The number of hydrogen-bond acceptors (Lipinski definition) is 5. The van der Waals surface area contributed by atoms with E-state index in [1.165, 1.54) is 30.3 Å². The molecule has 0 radical (unpaired) electrons. The lowest BCUT2D eigenvalue weighted by Gasteiger charge is -2.24. The first-order valence-corrected chi connectivity index (χ1v) is 11.6. The van der Waals surface area contributed by atoms with Gasteiger partial charge >= 0.3 is 12.1 Å². The van der Waals surface area contributed by atoms with Crippen molar-refractivity contribution in [2.45, 2.75) is 24.9 Å². The van der Waals surface area contributed by atoms with E-state index in [4.69, 9.17) is 4.74 Å². The molecule has 0 heterocycles.